The van der Waals surface area contributed by atoms with Gasteiger partial charge in [-0.1, -0.05) is 6.07 Å². The van der Waals surface area contributed by atoms with Gasteiger partial charge in [-0.25, -0.2) is 0 Å². The maximum Gasteiger partial charge on any atom is 0.119 e. The molecule has 2 heterocycles. The van der Waals surface area contributed by atoms with Crippen LogP contribution in [-0.4, -0.2) is 25.8 Å². The summed E-state index contributed by atoms with van der Waals surface area (Å²) in [6.45, 7) is 5.48. The van der Waals surface area contributed by atoms with Gasteiger partial charge >= 0.3 is 0 Å². The lowest BCUT2D eigenvalue weighted by Gasteiger charge is -2.28. The second-order valence-corrected chi connectivity index (χ2v) is 4.41. The van der Waals surface area contributed by atoms with E-state index in [1.54, 1.807) is 0 Å². The molecule has 1 saturated heterocycles. The second-order valence-electron chi connectivity index (χ2n) is 4.41. The Bertz CT molecular complexity index is 392. The number of nitrogens with one attached hydrogen (secondary N) is 1. The van der Waals surface area contributed by atoms with Crippen molar-refractivity contribution in [3.63, 3.8) is 0 Å². The highest BCUT2D eigenvalue weighted by Gasteiger charge is 2.34. The van der Waals surface area contributed by atoms with E-state index < -0.39 is 0 Å². The van der Waals surface area contributed by atoms with Crippen molar-refractivity contribution in [2.75, 3.05) is 19.7 Å². The average Bonchev–Trinajstić information content (AvgIpc) is 2.78. The molecule has 0 unspecified atom stereocenters. The van der Waals surface area contributed by atoms with Crippen LogP contribution in [0.3, 0.4) is 0 Å². The van der Waals surface area contributed by atoms with Crippen molar-refractivity contribution in [1.82, 2.24) is 5.32 Å². The molecule has 0 aliphatic carbocycles. The zero-order chi connectivity index (χ0) is 11.0. The summed E-state index contributed by atoms with van der Waals surface area (Å²) in [5.74, 6) is 1.48. The topological polar surface area (TPSA) is 30.5 Å². The quantitative estimate of drug-likeness (QED) is 0.820. The van der Waals surface area contributed by atoms with Crippen molar-refractivity contribution in [1.29, 1.82) is 0 Å². The van der Waals surface area contributed by atoms with E-state index in [0.29, 0.717) is 12.0 Å². The Morgan fingerprint density at radius 2 is 2.38 bits per heavy atom. The smallest absolute Gasteiger partial charge is 0.119 e. The van der Waals surface area contributed by atoms with Crippen molar-refractivity contribution >= 4 is 0 Å². The molecule has 3 heteroatoms. The molecule has 2 aliphatic rings. The van der Waals surface area contributed by atoms with Gasteiger partial charge in [0.2, 0.25) is 0 Å². The van der Waals surface area contributed by atoms with Crippen molar-refractivity contribution < 1.29 is 9.47 Å². The highest BCUT2D eigenvalue weighted by Crippen LogP contribution is 2.35. The molecule has 16 heavy (non-hydrogen) atoms. The van der Waals surface area contributed by atoms with Crippen molar-refractivity contribution in [2.24, 2.45) is 0 Å². The predicted molar refractivity (Wildman–Crippen MR) is 61.8 cm³/mol. The van der Waals surface area contributed by atoms with E-state index in [0.717, 1.165) is 32.1 Å². The summed E-state index contributed by atoms with van der Waals surface area (Å²) in [5, 5.41) is 3.39. The third-order valence-electron chi connectivity index (χ3n) is 3.44. The Morgan fingerprint density at radius 3 is 3.25 bits per heavy atom. The third kappa shape index (κ3) is 1.60. The summed E-state index contributed by atoms with van der Waals surface area (Å²) >= 11 is 0. The van der Waals surface area contributed by atoms with Gasteiger partial charge in [-0.05, 0) is 30.2 Å². The second kappa shape index (κ2) is 4.07. The Morgan fingerprint density at radius 1 is 1.44 bits per heavy atom. The summed E-state index contributed by atoms with van der Waals surface area (Å²) < 4.78 is 11.4. The lowest BCUT2D eigenvalue weighted by molar-refractivity contribution is 0.0298. The molecule has 0 radical (unpaired) electrons. The van der Waals surface area contributed by atoms with Crippen LogP contribution in [0.1, 0.15) is 24.0 Å². The van der Waals surface area contributed by atoms with Gasteiger partial charge in [-0.3, -0.25) is 0 Å². The summed E-state index contributed by atoms with van der Waals surface area (Å²) in [6, 6.07) is 6.36. The monoisotopic (exact) mass is 219 g/mol. The molecule has 1 aromatic carbocycles. The number of fused-ring (bicyclic) bond motifs is 3. The summed E-state index contributed by atoms with van der Waals surface area (Å²) in [5.41, 5.74) is 2.72. The number of ether oxygens (including phenoxy) is 2. The number of benzene rings is 1. The van der Waals surface area contributed by atoms with E-state index >= 15 is 0 Å². The fourth-order valence-electron chi connectivity index (χ4n) is 2.64. The summed E-state index contributed by atoms with van der Waals surface area (Å²) in [6.07, 6.45) is 0.351. The molecule has 1 N–H and O–H groups in total. The SMILES string of the molecule is CCOc1ccc2c(c1)[C@@H]1CNC[C@@H]1OC2. The fraction of sp³-hybridized carbons (Fsp3) is 0.538. The normalized spacial score (nSPS) is 27.3. The Hall–Kier alpha value is -1.06. The van der Waals surface area contributed by atoms with E-state index in [4.69, 9.17) is 9.47 Å². The standard InChI is InChI=1S/C13H17NO2/c1-2-15-10-4-3-9-8-16-13-7-14-6-12(13)11(9)5-10/h3-5,12-14H,2,6-8H2,1H3/t12-,13-/m0/s1. The largest absolute Gasteiger partial charge is 0.494 e. The highest BCUT2D eigenvalue weighted by molar-refractivity contribution is 5.40. The van der Waals surface area contributed by atoms with Crippen LogP contribution < -0.4 is 10.1 Å². The molecular formula is C13H17NO2. The van der Waals surface area contributed by atoms with Gasteiger partial charge in [-0.2, -0.15) is 0 Å². The molecule has 1 aromatic rings. The maximum absolute atomic E-state index is 5.82. The number of hydrogen-bond donors (Lipinski definition) is 1. The molecule has 0 aromatic heterocycles. The highest BCUT2D eigenvalue weighted by atomic mass is 16.5. The Kier molecular flexibility index (Phi) is 2.58. The minimum absolute atomic E-state index is 0.351. The minimum Gasteiger partial charge on any atom is -0.494 e. The van der Waals surface area contributed by atoms with Gasteiger partial charge in [0.15, 0.2) is 0 Å². The number of rotatable bonds is 2. The summed E-state index contributed by atoms with van der Waals surface area (Å²) in [7, 11) is 0. The molecule has 3 rings (SSSR count). The van der Waals surface area contributed by atoms with Crippen molar-refractivity contribution in [2.45, 2.75) is 25.6 Å². The van der Waals surface area contributed by atoms with Crippen LogP contribution in [0.25, 0.3) is 0 Å². The van der Waals surface area contributed by atoms with Crippen LogP contribution in [0.4, 0.5) is 0 Å². The predicted octanol–water partition coefficient (Wildman–Crippen LogP) is 1.67. The van der Waals surface area contributed by atoms with E-state index in [1.165, 1.54) is 11.1 Å². The lowest BCUT2D eigenvalue weighted by Crippen LogP contribution is -2.26. The van der Waals surface area contributed by atoms with Gasteiger partial charge in [-0.15, -0.1) is 0 Å². The van der Waals surface area contributed by atoms with E-state index in [1.807, 2.05) is 13.0 Å². The first kappa shape index (κ1) is 10.1. The molecule has 2 atom stereocenters. The molecular weight excluding hydrogens is 202 g/mol. The first-order chi connectivity index (χ1) is 7.88. The average molecular weight is 219 g/mol. The van der Waals surface area contributed by atoms with E-state index in [9.17, 15) is 0 Å². The molecule has 0 amide bonds. The van der Waals surface area contributed by atoms with Gasteiger partial charge in [0, 0.05) is 19.0 Å². The van der Waals surface area contributed by atoms with Crippen LogP contribution in [0.15, 0.2) is 18.2 Å². The molecule has 86 valence electrons. The lowest BCUT2D eigenvalue weighted by atomic mass is 9.89. The third-order valence-corrected chi connectivity index (χ3v) is 3.44. The van der Waals surface area contributed by atoms with Crippen molar-refractivity contribution in [3.8, 4) is 5.75 Å². The first-order valence-electron chi connectivity index (χ1n) is 5.96. The van der Waals surface area contributed by atoms with Gasteiger partial charge in [0.25, 0.3) is 0 Å². The molecule has 0 bridgehead atoms. The molecule has 0 saturated carbocycles. The first-order valence-corrected chi connectivity index (χ1v) is 5.96. The van der Waals surface area contributed by atoms with E-state index in [2.05, 4.69) is 17.4 Å². The van der Waals surface area contributed by atoms with E-state index in [-0.39, 0.29) is 0 Å². The van der Waals surface area contributed by atoms with Crippen LogP contribution in [-0.2, 0) is 11.3 Å². The van der Waals surface area contributed by atoms with Crippen LogP contribution in [0.2, 0.25) is 0 Å². The van der Waals surface area contributed by atoms with Gasteiger partial charge in [0.05, 0.1) is 19.3 Å². The van der Waals surface area contributed by atoms with Crippen molar-refractivity contribution in [3.05, 3.63) is 29.3 Å². The molecule has 2 aliphatic heterocycles. The summed E-state index contributed by atoms with van der Waals surface area (Å²) in [4.78, 5) is 0. The van der Waals surface area contributed by atoms with Crippen LogP contribution in [0.5, 0.6) is 5.75 Å². The number of hydrogen-bond acceptors (Lipinski definition) is 3. The fourth-order valence-corrected chi connectivity index (χ4v) is 2.64. The zero-order valence-electron chi connectivity index (χ0n) is 9.53. The van der Waals surface area contributed by atoms with Gasteiger partial charge in [0.1, 0.15) is 5.75 Å². The zero-order valence-corrected chi connectivity index (χ0v) is 9.53. The molecule has 3 nitrogen and oxygen atoms in total. The van der Waals surface area contributed by atoms with Crippen LogP contribution in [0, 0.1) is 0 Å². The molecule has 1 fully saturated rings. The molecule has 0 spiro atoms. The van der Waals surface area contributed by atoms with Gasteiger partial charge < -0.3 is 14.8 Å². The Labute approximate surface area is 95.8 Å². The van der Waals surface area contributed by atoms with Crippen LogP contribution >= 0.6 is 0 Å². The minimum atomic E-state index is 0.351. The maximum atomic E-state index is 5.82. The Balaban J connectivity index is 1.95.